The quantitative estimate of drug-likeness (QED) is 0.653. The van der Waals surface area contributed by atoms with Crippen molar-refractivity contribution in [1.29, 1.82) is 0 Å². The van der Waals surface area contributed by atoms with Gasteiger partial charge < -0.3 is 10.2 Å². The second-order valence-corrected chi connectivity index (χ2v) is 3.80. The molecule has 0 aliphatic rings. The fourth-order valence-corrected chi connectivity index (χ4v) is 1.33. The average Bonchev–Trinajstić information content (AvgIpc) is 1.84. The zero-order chi connectivity index (χ0) is 9.02. The first kappa shape index (κ1) is 10.9. The molecule has 0 rings (SSSR count). The normalized spacial score (nSPS) is 19.9. The van der Waals surface area contributed by atoms with E-state index in [0.717, 1.165) is 0 Å². The summed E-state index contributed by atoms with van der Waals surface area (Å²) in [7, 11) is 0. The molecule has 0 aromatic carbocycles. The van der Waals surface area contributed by atoms with Gasteiger partial charge in [-0.1, -0.05) is 20.8 Å². The summed E-state index contributed by atoms with van der Waals surface area (Å²) in [5.74, 6) is 0.471. The summed E-state index contributed by atoms with van der Waals surface area (Å²) < 4.78 is 0. The van der Waals surface area contributed by atoms with Gasteiger partial charge in [0.2, 0.25) is 0 Å². The molecule has 0 heterocycles. The fraction of sp³-hybridized carbons (Fsp3) is 1.00. The molecule has 0 saturated heterocycles. The van der Waals surface area contributed by atoms with Crippen molar-refractivity contribution in [2.24, 2.45) is 11.8 Å². The summed E-state index contributed by atoms with van der Waals surface area (Å²) in [5, 5.41) is 18.6. The van der Waals surface area contributed by atoms with Gasteiger partial charge in [0, 0.05) is 0 Å². The van der Waals surface area contributed by atoms with Crippen molar-refractivity contribution in [3.05, 3.63) is 0 Å². The molecular formula is C9H20O2. The van der Waals surface area contributed by atoms with Crippen LogP contribution in [0, 0.1) is 11.8 Å². The molecule has 2 nitrogen and oxygen atoms in total. The lowest BCUT2D eigenvalue weighted by atomic mass is 9.91. The van der Waals surface area contributed by atoms with Crippen molar-refractivity contribution in [3.8, 4) is 0 Å². The van der Waals surface area contributed by atoms with E-state index in [9.17, 15) is 5.11 Å². The lowest BCUT2D eigenvalue weighted by Gasteiger charge is -2.22. The highest BCUT2D eigenvalue weighted by Gasteiger charge is 2.18. The molecule has 3 atom stereocenters. The Balaban J connectivity index is 3.73. The van der Waals surface area contributed by atoms with Gasteiger partial charge in [-0.3, -0.25) is 0 Å². The van der Waals surface area contributed by atoms with Crippen LogP contribution in [0.3, 0.4) is 0 Å². The minimum absolute atomic E-state index is 0.190. The number of hydrogen-bond acceptors (Lipinski definition) is 2. The maximum absolute atomic E-state index is 9.53. The van der Waals surface area contributed by atoms with E-state index in [4.69, 9.17) is 5.11 Å². The van der Waals surface area contributed by atoms with Crippen molar-refractivity contribution in [2.45, 2.75) is 46.3 Å². The average molecular weight is 160 g/mol. The van der Waals surface area contributed by atoms with Crippen molar-refractivity contribution in [1.82, 2.24) is 0 Å². The van der Waals surface area contributed by atoms with Crippen LogP contribution in [-0.4, -0.2) is 22.4 Å². The molecule has 1 unspecified atom stereocenters. The highest BCUT2D eigenvalue weighted by molar-refractivity contribution is 4.69. The van der Waals surface area contributed by atoms with Crippen LogP contribution in [0.25, 0.3) is 0 Å². The summed E-state index contributed by atoms with van der Waals surface area (Å²) in [6, 6.07) is 0. The molecule has 68 valence electrons. The van der Waals surface area contributed by atoms with E-state index in [2.05, 4.69) is 0 Å². The molecule has 2 heteroatoms. The topological polar surface area (TPSA) is 40.5 Å². The molecule has 0 aromatic heterocycles. The molecule has 0 aliphatic heterocycles. The van der Waals surface area contributed by atoms with Crippen LogP contribution in [0.5, 0.6) is 0 Å². The van der Waals surface area contributed by atoms with Gasteiger partial charge in [0.25, 0.3) is 0 Å². The van der Waals surface area contributed by atoms with Crippen LogP contribution >= 0.6 is 0 Å². The Hall–Kier alpha value is -0.0800. The van der Waals surface area contributed by atoms with Gasteiger partial charge in [0.15, 0.2) is 0 Å². The maximum Gasteiger partial charge on any atom is 0.0589 e. The molecule has 0 bridgehead atoms. The van der Waals surface area contributed by atoms with E-state index >= 15 is 0 Å². The van der Waals surface area contributed by atoms with Crippen LogP contribution in [0.2, 0.25) is 0 Å². The SMILES string of the molecule is CC(O)C[C@@H](C)[C@H](O)C(C)C. The van der Waals surface area contributed by atoms with Crippen molar-refractivity contribution < 1.29 is 10.2 Å². The maximum atomic E-state index is 9.53. The Kier molecular flexibility index (Phi) is 4.69. The van der Waals surface area contributed by atoms with Crippen molar-refractivity contribution >= 4 is 0 Å². The third kappa shape index (κ3) is 4.38. The second-order valence-electron chi connectivity index (χ2n) is 3.80. The zero-order valence-electron chi connectivity index (χ0n) is 7.91. The minimum Gasteiger partial charge on any atom is -0.393 e. The highest BCUT2D eigenvalue weighted by Crippen LogP contribution is 2.16. The van der Waals surface area contributed by atoms with Crippen LogP contribution in [0.15, 0.2) is 0 Å². The van der Waals surface area contributed by atoms with E-state index in [1.165, 1.54) is 0 Å². The molecule has 0 saturated carbocycles. The number of aliphatic hydroxyl groups is 2. The van der Waals surface area contributed by atoms with E-state index < -0.39 is 0 Å². The Bertz CT molecular complexity index is 99.7. The first-order valence-corrected chi connectivity index (χ1v) is 4.31. The summed E-state index contributed by atoms with van der Waals surface area (Å²) in [6.45, 7) is 7.70. The van der Waals surface area contributed by atoms with Gasteiger partial charge in [-0.25, -0.2) is 0 Å². The predicted octanol–water partition coefficient (Wildman–Crippen LogP) is 1.41. The van der Waals surface area contributed by atoms with E-state index in [1.54, 1.807) is 6.92 Å². The fourth-order valence-electron chi connectivity index (χ4n) is 1.33. The summed E-state index contributed by atoms with van der Waals surface area (Å²) >= 11 is 0. The third-order valence-corrected chi connectivity index (χ3v) is 1.98. The molecule has 0 fully saturated rings. The second kappa shape index (κ2) is 4.73. The van der Waals surface area contributed by atoms with Gasteiger partial charge in [-0.2, -0.15) is 0 Å². The minimum atomic E-state index is -0.307. The summed E-state index contributed by atoms with van der Waals surface area (Å²) in [4.78, 5) is 0. The predicted molar refractivity (Wildman–Crippen MR) is 46.3 cm³/mol. The third-order valence-electron chi connectivity index (χ3n) is 1.98. The lowest BCUT2D eigenvalue weighted by molar-refractivity contribution is 0.0445. The molecule has 0 aliphatic carbocycles. The molecule has 0 spiro atoms. The van der Waals surface area contributed by atoms with Crippen molar-refractivity contribution in [3.63, 3.8) is 0 Å². The van der Waals surface area contributed by atoms with Crippen molar-refractivity contribution in [2.75, 3.05) is 0 Å². The lowest BCUT2D eigenvalue weighted by Crippen LogP contribution is -2.26. The Morgan fingerprint density at radius 3 is 1.73 bits per heavy atom. The molecule has 0 amide bonds. The standard InChI is InChI=1S/C9H20O2/c1-6(2)9(11)7(3)5-8(4)10/h6-11H,5H2,1-4H3/t7-,8?,9-/m1/s1. The largest absolute Gasteiger partial charge is 0.393 e. The summed E-state index contributed by atoms with van der Waals surface area (Å²) in [6.07, 6.45) is 0.0855. The molecular weight excluding hydrogens is 140 g/mol. The molecule has 2 N–H and O–H groups in total. The monoisotopic (exact) mass is 160 g/mol. The van der Waals surface area contributed by atoms with Gasteiger partial charge in [0.05, 0.1) is 12.2 Å². The molecule has 0 radical (unpaired) electrons. The number of aliphatic hydroxyl groups excluding tert-OH is 2. The number of hydrogen-bond donors (Lipinski definition) is 2. The first-order valence-electron chi connectivity index (χ1n) is 4.31. The first-order chi connectivity index (χ1) is 4.95. The zero-order valence-corrected chi connectivity index (χ0v) is 7.91. The summed E-state index contributed by atoms with van der Waals surface area (Å²) in [5.41, 5.74) is 0. The van der Waals surface area contributed by atoms with Gasteiger partial charge in [-0.05, 0) is 25.2 Å². The Morgan fingerprint density at radius 1 is 1.00 bits per heavy atom. The van der Waals surface area contributed by atoms with E-state index in [0.29, 0.717) is 6.42 Å². The van der Waals surface area contributed by atoms with Crippen LogP contribution in [-0.2, 0) is 0 Å². The van der Waals surface area contributed by atoms with Crippen LogP contribution in [0.1, 0.15) is 34.1 Å². The van der Waals surface area contributed by atoms with Gasteiger partial charge in [-0.15, -0.1) is 0 Å². The van der Waals surface area contributed by atoms with Gasteiger partial charge >= 0.3 is 0 Å². The number of rotatable bonds is 4. The Labute approximate surface area is 69.2 Å². The Morgan fingerprint density at radius 2 is 1.45 bits per heavy atom. The molecule has 0 aromatic rings. The van der Waals surface area contributed by atoms with Crippen LogP contribution < -0.4 is 0 Å². The van der Waals surface area contributed by atoms with Gasteiger partial charge in [0.1, 0.15) is 0 Å². The van der Waals surface area contributed by atoms with Crippen LogP contribution in [0.4, 0.5) is 0 Å². The van der Waals surface area contributed by atoms with E-state index in [-0.39, 0.29) is 24.0 Å². The van der Waals surface area contributed by atoms with E-state index in [1.807, 2.05) is 20.8 Å². The highest BCUT2D eigenvalue weighted by atomic mass is 16.3. The smallest absolute Gasteiger partial charge is 0.0589 e. The molecule has 11 heavy (non-hydrogen) atoms.